The first kappa shape index (κ1) is 14.7. The second-order valence-corrected chi connectivity index (χ2v) is 5.07. The molecule has 0 aliphatic carbocycles. The highest BCUT2D eigenvalue weighted by molar-refractivity contribution is 5.96. The quantitative estimate of drug-likeness (QED) is 0.605. The van der Waals surface area contributed by atoms with Gasteiger partial charge in [0.2, 0.25) is 0 Å². The number of rotatable bonds is 5. The van der Waals surface area contributed by atoms with E-state index in [1.807, 2.05) is 0 Å². The maximum atomic E-state index is 11.8. The summed E-state index contributed by atoms with van der Waals surface area (Å²) >= 11 is 0. The van der Waals surface area contributed by atoms with Gasteiger partial charge >= 0.3 is 5.97 Å². The summed E-state index contributed by atoms with van der Waals surface area (Å²) in [5.74, 6) is -0.481. The van der Waals surface area contributed by atoms with E-state index in [1.165, 1.54) is 11.1 Å². The highest BCUT2D eigenvalue weighted by Gasteiger charge is 2.18. The zero-order chi connectivity index (χ0) is 14.4. The molecular weight excluding hydrogens is 254 g/mol. The van der Waals surface area contributed by atoms with Gasteiger partial charge in [-0.25, -0.2) is 0 Å². The molecule has 4 nitrogen and oxygen atoms in total. The Kier molecular flexibility index (Phi) is 5.30. The van der Waals surface area contributed by atoms with Gasteiger partial charge in [0.05, 0.1) is 13.2 Å². The lowest BCUT2D eigenvalue weighted by Gasteiger charge is -2.18. The lowest BCUT2D eigenvalue weighted by Crippen LogP contribution is -2.33. The van der Waals surface area contributed by atoms with Crippen molar-refractivity contribution in [3.05, 3.63) is 35.4 Å². The summed E-state index contributed by atoms with van der Waals surface area (Å²) in [6.07, 6.45) is 1.81. The summed E-state index contributed by atoms with van der Waals surface area (Å²) < 4.78 is 4.80. The summed E-state index contributed by atoms with van der Waals surface area (Å²) in [5, 5.41) is 0. The molecule has 0 bridgehead atoms. The number of hydrogen-bond donors (Lipinski definition) is 0. The Hall–Kier alpha value is -1.68. The normalized spacial score (nSPS) is 15.2. The monoisotopic (exact) mass is 275 g/mol. The topological polar surface area (TPSA) is 46.6 Å². The highest BCUT2D eigenvalue weighted by atomic mass is 16.5. The van der Waals surface area contributed by atoms with Crippen LogP contribution in [-0.4, -0.2) is 42.9 Å². The Balaban J connectivity index is 1.84. The number of carbonyl (C=O) groups is 2. The van der Waals surface area contributed by atoms with E-state index in [4.69, 9.17) is 4.74 Å². The number of hydrogen-bond acceptors (Lipinski definition) is 4. The van der Waals surface area contributed by atoms with Crippen molar-refractivity contribution in [1.29, 1.82) is 0 Å². The SMILES string of the molecule is CCOC(=O)CC(=O)CN1CCc2ccccc2CC1. The van der Waals surface area contributed by atoms with E-state index in [2.05, 4.69) is 29.2 Å². The molecule has 0 atom stereocenters. The molecule has 0 unspecified atom stereocenters. The molecule has 0 spiro atoms. The van der Waals surface area contributed by atoms with E-state index in [-0.39, 0.29) is 12.2 Å². The number of ketones is 1. The van der Waals surface area contributed by atoms with Crippen LogP contribution in [0.3, 0.4) is 0 Å². The zero-order valence-corrected chi connectivity index (χ0v) is 11.9. The van der Waals surface area contributed by atoms with Gasteiger partial charge in [-0.15, -0.1) is 0 Å². The van der Waals surface area contributed by atoms with Gasteiger partial charge in [0.1, 0.15) is 6.42 Å². The third-order valence-electron chi connectivity index (χ3n) is 3.56. The van der Waals surface area contributed by atoms with Gasteiger partial charge in [-0.2, -0.15) is 0 Å². The van der Waals surface area contributed by atoms with E-state index in [9.17, 15) is 9.59 Å². The highest BCUT2D eigenvalue weighted by Crippen LogP contribution is 2.15. The van der Waals surface area contributed by atoms with Crippen LogP contribution in [0.25, 0.3) is 0 Å². The molecule has 0 saturated heterocycles. The van der Waals surface area contributed by atoms with Crippen LogP contribution in [0.1, 0.15) is 24.5 Å². The molecule has 108 valence electrons. The summed E-state index contributed by atoms with van der Waals surface area (Å²) in [6.45, 7) is 4.14. The Morgan fingerprint density at radius 3 is 2.30 bits per heavy atom. The summed E-state index contributed by atoms with van der Waals surface area (Å²) in [5.41, 5.74) is 2.74. The summed E-state index contributed by atoms with van der Waals surface area (Å²) in [7, 11) is 0. The molecule has 1 heterocycles. The first-order chi connectivity index (χ1) is 9.69. The zero-order valence-electron chi connectivity index (χ0n) is 11.9. The lowest BCUT2D eigenvalue weighted by molar-refractivity contribution is -0.145. The second kappa shape index (κ2) is 7.20. The summed E-state index contributed by atoms with van der Waals surface area (Å²) in [6, 6.07) is 8.42. The fourth-order valence-corrected chi connectivity index (χ4v) is 2.55. The molecule has 1 aliphatic rings. The van der Waals surface area contributed by atoms with E-state index < -0.39 is 5.97 Å². The first-order valence-electron chi connectivity index (χ1n) is 7.15. The van der Waals surface area contributed by atoms with Gasteiger partial charge in [0, 0.05) is 13.1 Å². The van der Waals surface area contributed by atoms with E-state index >= 15 is 0 Å². The second-order valence-electron chi connectivity index (χ2n) is 5.07. The molecule has 0 radical (unpaired) electrons. The Morgan fingerprint density at radius 1 is 1.15 bits per heavy atom. The molecule has 0 fully saturated rings. The standard InChI is InChI=1S/C16H21NO3/c1-2-20-16(19)11-15(18)12-17-9-7-13-5-3-4-6-14(13)8-10-17/h3-6H,2,7-12H2,1H3. The molecule has 4 heteroatoms. The minimum Gasteiger partial charge on any atom is -0.466 e. The molecular formula is C16H21NO3. The minimum absolute atomic E-state index is 0.0607. The number of Topliss-reactive ketones (excluding diaryl/α,β-unsaturated/α-hetero) is 1. The third-order valence-corrected chi connectivity index (χ3v) is 3.56. The van der Waals surface area contributed by atoms with E-state index in [1.54, 1.807) is 6.92 Å². The van der Waals surface area contributed by atoms with E-state index in [0.29, 0.717) is 13.2 Å². The predicted molar refractivity (Wildman–Crippen MR) is 76.5 cm³/mol. The number of fused-ring (bicyclic) bond motifs is 1. The molecule has 0 saturated carbocycles. The maximum Gasteiger partial charge on any atom is 0.313 e. The van der Waals surface area contributed by atoms with Crippen molar-refractivity contribution < 1.29 is 14.3 Å². The molecule has 0 aromatic heterocycles. The first-order valence-corrected chi connectivity index (χ1v) is 7.15. The van der Waals surface area contributed by atoms with Crippen LogP contribution >= 0.6 is 0 Å². The van der Waals surface area contributed by atoms with Gasteiger partial charge in [0.25, 0.3) is 0 Å². The van der Waals surface area contributed by atoms with Crippen LogP contribution in [0.15, 0.2) is 24.3 Å². The summed E-state index contributed by atoms with van der Waals surface area (Å²) in [4.78, 5) is 25.2. The largest absolute Gasteiger partial charge is 0.466 e. The Labute approximate surface area is 119 Å². The van der Waals surface area contributed by atoms with Crippen molar-refractivity contribution >= 4 is 11.8 Å². The van der Waals surface area contributed by atoms with Gasteiger partial charge in [-0.1, -0.05) is 24.3 Å². The average Bonchev–Trinajstić information content (AvgIpc) is 2.62. The third kappa shape index (κ3) is 4.17. The van der Waals surface area contributed by atoms with Crippen LogP contribution in [-0.2, 0) is 27.2 Å². The van der Waals surface area contributed by atoms with Crippen molar-refractivity contribution in [2.45, 2.75) is 26.2 Å². The van der Waals surface area contributed by atoms with Gasteiger partial charge in [-0.05, 0) is 30.9 Å². The lowest BCUT2D eigenvalue weighted by atomic mass is 10.0. The number of ether oxygens (including phenoxy) is 1. The fraction of sp³-hybridized carbons (Fsp3) is 0.500. The van der Waals surface area contributed by atoms with Crippen LogP contribution in [0.4, 0.5) is 0 Å². The number of nitrogens with zero attached hydrogens (tertiary/aromatic N) is 1. The van der Waals surface area contributed by atoms with Crippen LogP contribution in [0.5, 0.6) is 0 Å². The van der Waals surface area contributed by atoms with Gasteiger partial charge in [0.15, 0.2) is 5.78 Å². The molecule has 2 rings (SSSR count). The molecule has 0 amide bonds. The van der Waals surface area contributed by atoms with Crippen molar-refractivity contribution in [1.82, 2.24) is 4.90 Å². The average molecular weight is 275 g/mol. The maximum absolute atomic E-state index is 11.8. The molecule has 1 aliphatic heterocycles. The molecule has 1 aromatic carbocycles. The minimum atomic E-state index is -0.421. The van der Waals surface area contributed by atoms with Crippen molar-refractivity contribution in [2.24, 2.45) is 0 Å². The van der Waals surface area contributed by atoms with Crippen LogP contribution in [0, 0.1) is 0 Å². The predicted octanol–water partition coefficient (Wildman–Crippen LogP) is 1.61. The van der Waals surface area contributed by atoms with E-state index in [0.717, 1.165) is 25.9 Å². The number of esters is 1. The van der Waals surface area contributed by atoms with Crippen molar-refractivity contribution in [3.8, 4) is 0 Å². The van der Waals surface area contributed by atoms with Crippen molar-refractivity contribution in [2.75, 3.05) is 26.2 Å². The fourth-order valence-electron chi connectivity index (χ4n) is 2.55. The number of carbonyl (C=O) groups excluding carboxylic acids is 2. The Bertz CT molecular complexity index is 457. The van der Waals surface area contributed by atoms with Gasteiger partial charge in [-0.3, -0.25) is 14.5 Å². The molecule has 20 heavy (non-hydrogen) atoms. The number of benzene rings is 1. The molecule has 0 N–H and O–H groups in total. The Morgan fingerprint density at radius 2 is 1.75 bits per heavy atom. The van der Waals surface area contributed by atoms with Crippen LogP contribution < -0.4 is 0 Å². The molecule has 1 aromatic rings. The van der Waals surface area contributed by atoms with Crippen LogP contribution in [0.2, 0.25) is 0 Å². The smallest absolute Gasteiger partial charge is 0.313 e. The van der Waals surface area contributed by atoms with Crippen molar-refractivity contribution in [3.63, 3.8) is 0 Å². The van der Waals surface area contributed by atoms with Gasteiger partial charge < -0.3 is 4.74 Å².